The molecule has 3 rings (SSSR count). The van der Waals surface area contributed by atoms with Gasteiger partial charge in [0, 0.05) is 69.2 Å². The Morgan fingerprint density at radius 2 is 1.43 bits per heavy atom. The van der Waals surface area contributed by atoms with Crippen molar-refractivity contribution in [1.82, 2.24) is 36.0 Å². The molecule has 1 fully saturated rings. The third-order valence-electron chi connectivity index (χ3n) is 15.8. The largest absolute Gasteiger partial charge is 0.445 e. The number of primary amides is 1. The molecule has 0 aliphatic carbocycles. The van der Waals surface area contributed by atoms with Gasteiger partial charge in [-0.2, -0.15) is 0 Å². The number of hydrogen-bond acceptors (Lipinski definition) is 14. The molecule has 8 N–H and O–H groups in total. The van der Waals surface area contributed by atoms with Crippen LogP contribution in [0.15, 0.2) is 67.3 Å². The van der Waals surface area contributed by atoms with Crippen molar-refractivity contribution in [3.8, 4) is 0 Å². The number of nitrogens with zero attached hydrogens (tertiary/aromatic N) is 3. The van der Waals surface area contributed by atoms with Gasteiger partial charge in [-0.25, -0.2) is 4.79 Å². The fourth-order valence-corrected chi connectivity index (χ4v) is 13.1. The zero-order chi connectivity index (χ0) is 64.7. The van der Waals surface area contributed by atoms with Crippen molar-refractivity contribution in [2.45, 2.75) is 194 Å². The molecule has 0 aromatic heterocycles. The molecule has 2 aromatic carbocycles. The molecule has 1 heterocycles. The summed E-state index contributed by atoms with van der Waals surface area (Å²) in [6, 6.07) is 10.2. The highest BCUT2D eigenvalue weighted by Gasteiger charge is 2.42. The van der Waals surface area contributed by atoms with Crippen LogP contribution in [0.1, 0.15) is 145 Å². The van der Waals surface area contributed by atoms with Crippen molar-refractivity contribution in [3.05, 3.63) is 78.4 Å². The standard InChI is InChI=1S/C63H99N9O12S2/c1-17-40(9)47(30-31-51(75)72-33-22-25-48(72)56(83-16)41(10)57(77)65-42(11)55(76)44-23-20-19-21-24-44)70(14)61(81)53(38(5)6)69-60(80)54(39(7)8)71(15)62(82)84-36-43-26-28-45(29-27-43)66-58(78)46(18-2)67-59(79)52(37(3)4)68-50(74)32-34-85-86-63(12,13)35-49(64)73/h18-21,23-24,26-29,37-42,46-48,52-56,76H,2,17,22,25,30-36H2,1,3-16H3,(H2,64,73)(H,65,77)(H,66,78)(H,67,79)(H,68,74)(H,69,80)/t40-,41+,42+,46-,47+,48-,52-,53-,54-,55+,56+/m0/s1. The predicted molar refractivity (Wildman–Crippen MR) is 339 cm³/mol. The van der Waals surface area contributed by atoms with Gasteiger partial charge in [-0.05, 0) is 87.0 Å². The van der Waals surface area contributed by atoms with Crippen LogP contribution in [-0.2, 0) is 54.4 Å². The number of benzene rings is 2. The number of nitrogens with one attached hydrogen (secondary N) is 5. The molecule has 21 nitrogen and oxygen atoms in total. The van der Waals surface area contributed by atoms with E-state index in [-0.39, 0.29) is 79.3 Å². The highest BCUT2D eigenvalue weighted by Crippen LogP contribution is 2.38. The molecule has 0 unspecified atom stereocenters. The van der Waals surface area contributed by atoms with Crippen molar-refractivity contribution >= 4 is 80.6 Å². The molecule has 1 saturated heterocycles. The number of rotatable bonds is 35. The van der Waals surface area contributed by atoms with Gasteiger partial charge in [-0.3, -0.25) is 43.3 Å². The SMILES string of the molecule is C=C[C@H](NC(=O)[C@@H](NC(=O)CCSSC(C)(C)CC(N)=O)C(C)C)C(=O)Nc1ccc(COC(=O)N(C)[C@H](C(=O)N[C@H](C(=O)N(C)[C@H](CCC(=O)N2CCC[C@H]2[C@H](OC)[C@@H](C)C(=O)N[C@H](C)[C@@H](O)c2ccccc2)[C@@H](C)CC)C(C)C)C(C)C)cc1. The molecule has 9 amide bonds. The Bertz CT molecular complexity index is 2570. The summed E-state index contributed by atoms with van der Waals surface area (Å²) in [4.78, 5) is 126. The van der Waals surface area contributed by atoms with Crippen LogP contribution >= 0.6 is 21.6 Å². The number of likely N-dealkylation sites (N-methyl/N-ethyl adjacent to an activating group) is 2. The summed E-state index contributed by atoms with van der Waals surface area (Å²) < 4.78 is 11.2. The van der Waals surface area contributed by atoms with E-state index >= 15 is 0 Å². The number of nitrogens with two attached hydrogens (primary N) is 1. The predicted octanol–water partition coefficient (Wildman–Crippen LogP) is 7.13. The van der Waals surface area contributed by atoms with Crippen LogP contribution in [0.3, 0.4) is 0 Å². The normalized spacial score (nSPS) is 16.9. The fourth-order valence-electron chi connectivity index (χ4n) is 10.6. The van der Waals surface area contributed by atoms with E-state index in [1.807, 2.05) is 59.7 Å². The lowest BCUT2D eigenvalue weighted by Crippen LogP contribution is -2.58. The number of anilines is 1. The summed E-state index contributed by atoms with van der Waals surface area (Å²) in [5.74, 6) is -4.49. The Morgan fingerprint density at radius 3 is 1.99 bits per heavy atom. The Hall–Kier alpha value is -6.17. The van der Waals surface area contributed by atoms with E-state index in [2.05, 4.69) is 33.2 Å². The lowest BCUT2D eigenvalue weighted by atomic mass is 9.91. The van der Waals surface area contributed by atoms with Gasteiger partial charge in [0.1, 0.15) is 30.8 Å². The second kappa shape index (κ2) is 35.6. The molecular formula is C63H99N9O12S2. The van der Waals surface area contributed by atoms with Crippen LogP contribution in [0, 0.1) is 29.6 Å². The number of hydrogen-bond donors (Lipinski definition) is 7. The summed E-state index contributed by atoms with van der Waals surface area (Å²) in [5, 5.41) is 25.0. The third-order valence-corrected chi connectivity index (χ3v) is 19.1. The number of ether oxygens (including phenoxy) is 2. The van der Waals surface area contributed by atoms with Gasteiger partial charge in [0.15, 0.2) is 0 Å². The summed E-state index contributed by atoms with van der Waals surface area (Å²) in [5.41, 5.74) is 6.96. The summed E-state index contributed by atoms with van der Waals surface area (Å²) in [6.07, 6.45) is 1.86. The molecule has 11 atom stereocenters. The van der Waals surface area contributed by atoms with Crippen LogP contribution in [0.25, 0.3) is 0 Å². The summed E-state index contributed by atoms with van der Waals surface area (Å²) >= 11 is 0. The lowest BCUT2D eigenvalue weighted by molar-refractivity contribution is -0.142. The van der Waals surface area contributed by atoms with Gasteiger partial charge in [-0.15, -0.1) is 6.58 Å². The van der Waals surface area contributed by atoms with Crippen LogP contribution in [0.5, 0.6) is 0 Å². The quantitative estimate of drug-likeness (QED) is 0.0205. The number of methoxy groups -OCH3 is 1. The number of carbonyl (C=O) groups excluding carboxylic acids is 9. The molecule has 1 aliphatic rings. The summed E-state index contributed by atoms with van der Waals surface area (Å²) in [6.45, 7) is 26.1. The van der Waals surface area contributed by atoms with Crippen molar-refractivity contribution in [2.75, 3.05) is 38.8 Å². The van der Waals surface area contributed by atoms with Crippen LogP contribution in [0.4, 0.5) is 10.5 Å². The first kappa shape index (κ1) is 74.1. The number of carbonyl (C=O) groups is 9. The van der Waals surface area contributed by atoms with Crippen molar-refractivity contribution in [1.29, 1.82) is 0 Å². The molecular weight excluding hydrogens is 1140 g/mol. The first-order chi connectivity index (χ1) is 40.4. The number of amides is 9. The van der Waals surface area contributed by atoms with E-state index < -0.39 is 88.7 Å². The van der Waals surface area contributed by atoms with Crippen molar-refractivity contribution < 1.29 is 57.7 Å². The minimum atomic E-state index is -1.15. The van der Waals surface area contributed by atoms with E-state index in [0.29, 0.717) is 48.4 Å². The number of aliphatic hydroxyl groups excluding tert-OH is 1. The second-order valence-corrected chi connectivity index (χ2v) is 27.3. The van der Waals surface area contributed by atoms with Crippen LogP contribution < -0.4 is 32.3 Å². The summed E-state index contributed by atoms with van der Waals surface area (Å²) in [7, 11) is 7.57. The minimum absolute atomic E-state index is 0.0180. The maximum atomic E-state index is 14.6. The van der Waals surface area contributed by atoms with Gasteiger partial charge in [0.05, 0.1) is 30.2 Å². The van der Waals surface area contributed by atoms with Gasteiger partial charge >= 0.3 is 6.09 Å². The highest BCUT2D eigenvalue weighted by molar-refractivity contribution is 8.77. The lowest BCUT2D eigenvalue weighted by Gasteiger charge is -2.38. The van der Waals surface area contributed by atoms with Crippen molar-refractivity contribution in [3.63, 3.8) is 0 Å². The monoisotopic (exact) mass is 1240 g/mol. The first-order valence-electron chi connectivity index (χ1n) is 29.9. The van der Waals surface area contributed by atoms with Gasteiger partial charge in [0.2, 0.25) is 41.4 Å². The van der Waals surface area contributed by atoms with E-state index in [1.54, 1.807) is 94.8 Å². The molecule has 86 heavy (non-hydrogen) atoms. The molecule has 480 valence electrons. The Kier molecular flexibility index (Phi) is 30.7. The van der Waals surface area contributed by atoms with Gasteiger partial charge in [-0.1, -0.05) is 139 Å². The van der Waals surface area contributed by atoms with E-state index in [1.165, 1.54) is 46.7 Å². The molecule has 0 bridgehead atoms. The van der Waals surface area contributed by atoms with Crippen LogP contribution in [0.2, 0.25) is 0 Å². The number of aliphatic hydroxyl groups is 1. The molecule has 2 aromatic rings. The zero-order valence-corrected chi connectivity index (χ0v) is 54.9. The first-order valence-corrected chi connectivity index (χ1v) is 32.2. The zero-order valence-electron chi connectivity index (χ0n) is 53.3. The van der Waals surface area contributed by atoms with Crippen LogP contribution in [-0.4, -0.2) is 160 Å². The smallest absolute Gasteiger partial charge is 0.410 e. The Morgan fingerprint density at radius 1 is 0.802 bits per heavy atom. The average Bonchev–Trinajstić information content (AvgIpc) is 3.28. The minimum Gasteiger partial charge on any atom is -0.445 e. The third kappa shape index (κ3) is 22.5. The van der Waals surface area contributed by atoms with Crippen molar-refractivity contribution in [2.24, 2.45) is 35.3 Å². The Balaban J connectivity index is 1.60. The van der Waals surface area contributed by atoms with Gasteiger partial charge in [0.25, 0.3) is 5.91 Å². The van der Waals surface area contributed by atoms with E-state index in [4.69, 9.17) is 15.2 Å². The molecule has 23 heteroatoms. The maximum absolute atomic E-state index is 14.6. The average molecular weight is 1240 g/mol. The number of likely N-dealkylation sites (tertiary alicyclic amines) is 1. The Labute approximate surface area is 518 Å². The van der Waals surface area contributed by atoms with E-state index in [9.17, 15) is 48.3 Å². The maximum Gasteiger partial charge on any atom is 0.410 e. The molecule has 0 saturated carbocycles. The van der Waals surface area contributed by atoms with Gasteiger partial charge < -0.3 is 56.7 Å². The fraction of sp³-hybridized carbons (Fsp3) is 0.635. The topological polar surface area (TPSA) is 288 Å². The molecule has 0 spiro atoms. The molecule has 0 radical (unpaired) electrons. The van der Waals surface area contributed by atoms with E-state index in [0.717, 1.165) is 6.42 Å². The molecule has 1 aliphatic heterocycles. The second-order valence-electron chi connectivity index (χ2n) is 24.2. The highest BCUT2D eigenvalue weighted by atomic mass is 33.1.